The van der Waals surface area contributed by atoms with Gasteiger partial charge in [0.05, 0.1) is 6.54 Å². The molecule has 94 valence electrons. The number of nitrogens with zero attached hydrogens (tertiary/aromatic N) is 2. The van der Waals surface area contributed by atoms with Crippen molar-refractivity contribution in [3.8, 4) is 0 Å². The molecule has 0 spiro atoms. The van der Waals surface area contributed by atoms with E-state index in [0.29, 0.717) is 12.5 Å². The van der Waals surface area contributed by atoms with Gasteiger partial charge in [-0.25, -0.2) is 0 Å². The zero-order valence-corrected chi connectivity index (χ0v) is 10.5. The van der Waals surface area contributed by atoms with Gasteiger partial charge in [-0.2, -0.15) is 0 Å². The molecule has 0 radical (unpaired) electrons. The Morgan fingerprint density at radius 1 is 1.56 bits per heavy atom. The van der Waals surface area contributed by atoms with Crippen molar-refractivity contribution >= 4 is 5.91 Å². The van der Waals surface area contributed by atoms with Gasteiger partial charge in [0.1, 0.15) is 0 Å². The molecule has 0 saturated carbocycles. The third-order valence-corrected chi connectivity index (χ3v) is 3.40. The number of likely N-dealkylation sites (N-methyl/N-ethyl adjacent to an activating group) is 1. The maximum Gasteiger partial charge on any atom is 0.236 e. The van der Waals surface area contributed by atoms with Gasteiger partial charge in [0.2, 0.25) is 5.91 Å². The van der Waals surface area contributed by atoms with Gasteiger partial charge in [0, 0.05) is 26.7 Å². The first-order chi connectivity index (χ1) is 7.67. The van der Waals surface area contributed by atoms with Crippen LogP contribution in [-0.4, -0.2) is 60.6 Å². The van der Waals surface area contributed by atoms with E-state index < -0.39 is 0 Å². The standard InChI is InChI=1S/C12H24N2O2/c1-3-13(2)12(16)10-14-7-4-5-11(9-14)6-8-15/h11,15H,3-10H2,1-2H3. The van der Waals surface area contributed by atoms with Crippen molar-refractivity contribution in [2.24, 2.45) is 5.92 Å². The van der Waals surface area contributed by atoms with Crippen LogP contribution in [0.3, 0.4) is 0 Å². The number of hydrogen-bond donors (Lipinski definition) is 1. The van der Waals surface area contributed by atoms with Crippen molar-refractivity contribution in [2.75, 3.05) is 39.8 Å². The minimum Gasteiger partial charge on any atom is -0.396 e. The van der Waals surface area contributed by atoms with Crippen molar-refractivity contribution in [3.63, 3.8) is 0 Å². The molecule has 4 heteroatoms. The largest absolute Gasteiger partial charge is 0.396 e. The molecule has 1 unspecified atom stereocenters. The lowest BCUT2D eigenvalue weighted by Gasteiger charge is -2.32. The fraction of sp³-hybridized carbons (Fsp3) is 0.917. The Bertz CT molecular complexity index is 219. The fourth-order valence-electron chi connectivity index (χ4n) is 2.20. The molecular formula is C12H24N2O2. The van der Waals surface area contributed by atoms with Crippen molar-refractivity contribution in [2.45, 2.75) is 26.2 Å². The van der Waals surface area contributed by atoms with Crippen LogP contribution in [0.2, 0.25) is 0 Å². The first kappa shape index (κ1) is 13.5. The Hall–Kier alpha value is -0.610. The highest BCUT2D eigenvalue weighted by Crippen LogP contribution is 2.18. The number of aliphatic hydroxyl groups excluding tert-OH is 1. The maximum atomic E-state index is 11.7. The van der Waals surface area contributed by atoms with Crippen molar-refractivity contribution in [1.29, 1.82) is 0 Å². The molecule has 1 saturated heterocycles. The molecular weight excluding hydrogens is 204 g/mol. The van der Waals surface area contributed by atoms with Crippen LogP contribution < -0.4 is 0 Å². The van der Waals surface area contributed by atoms with Gasteiger partial charge in [0.25, 0.3) is 0 Å². The Labute approximate surface area is 98.2 Å². The molecule has 1 heterocycles. The number of carbonyl (C=O) groups is 1. The Balaban J connectivity index is 2.33. The molecule has 1 aliphatic rings. The number of aliphatic hydroxyl groups is 1. The monoisotopic (exact) mass is 228 g/mol. The van der Waals surface area contributed by atoms with Gasteiger partial charge in [-0.1, -0.05) is 0 Å². The molecule has 0 bridgehead atoms. The average molecular weight is 228 g/mol. The Morgan fingerprint density at radius 2 is 2.31 bits per heavy atom. The van der Waals surface area contributed by atoms with Crippen molar-refractivity contribution in [3.05, 3.63) is 0 Å². The highest BCUT2D eigenvalue weighted by Gasteiger charge is 2.21. The molecule has 0 aromatic rings. The fourth-order valence-corrected chi connectivity index (χ4v) is 2.20. The van der Waals surface area contributed by atoms with Crippen LogP contribution in [0, 0.1) is 5.92 Å². The van der Waals surface area contributed by atoms with E-state index in [-0.39, 0.29) is 12.5 Å². The van der Waals surface area contributed by atoms with Crippen LogP contribution in [0.4, 0.5) is 0 Å². The second-order valence-electron chi connectivity index (χ2n) is 4.66. The molecule has 1 atom stereocenters. The Morgan fingerprint density at radius 3 is 2.94 bits per heavy atom. The minimum absolute atomic E-state index is 0.201. The lowest BCUT2D eigenvalue weighted by molar-refractivity contribution is -0.131. The zero-order chi connectivity index (χ0) is 12.0. The quantitative estimate of drug-likeness (QED) is 0.748. The molecule has 1 fully saturated rings. The molecule has 1 N–H and O–H groups in total. The third-order valence-electron chi connectivity index (χ3n) is 3.40. The topological polar surface area (TPSA) is 43.8 Å². The van der Waals surface area contributed by atoms with E-state index in [4.69, 9.17) is 5.11 Å². The summed E-state index contributed by atoms with van der Waals surface area (Å²) in [7, 11) is 1.84. The molecule has 16 heavy (non-hydrogen) atoms. The SMILES string of the molecule is CCN(C)C(=O)CN1CCCC(CCO)C1. The van der Waals surface area contributed by atoms with Crippen molar-refractivity contribution < 1.29 is 9.90 Å². The molecule has 1 aliphatic heterocycles. The van der Waals surface area contributed by atoms with E-state index in [1.54, 1.807) is 4.90 Å². The third kappa shape index (κ3) is 4.10. The predicted octanol–water partition coefficient (Wildman–Crippen LogP) is 0.559. The molecule has 1 amide bonds. The van der Waals surface area contributed by atoms with E-state index in [9.17, 15) is 4.79 Å². The summed E-state index contributed by atoms with van der Waals surface area (Å²) in [6.45, 7) is 5.54. The van der Waals surface area contributed by atoms with Crippen LogP contribution in [0.25, 0.3) is 0 Å². The molecule has 0 aliphatic carbocycles. The van der Waals surface area contributed by atoms with Crippen molar-refractivity contribution in [1.82, 2.24) is 9.80 Å². The lowest BCUT2D eigenvalue weighted by Crippen LogP contribution is -2.43. The van der Waals surface area contributed by atoms with Crippen LogP contribution in [0.15, 0.2) is 0 Å². The van der Waals surface area contributed by atoms with E-state index in [1.807, 2.05) is 14.0 Å². The molecule has 0 aromatic carbocycles. The number of rotatable bonds is 5. The first-order valence-corrected chi connectivity index (χ1v) is 6.24. The average Bonchev–Trinajstić information content (AvgIpc) is 2.29. The van der Waals surface area contributed by atoms with Gasteiger partial charge in [-0.15, -0.1) is 0 Å². The normalized spacial score (nSPS) is 22.1. The highest BCUT2D eigenvalue weighted by atomic mass is 16.3. The number of piperidine rings is 1. The summed E-state index contributed by atoms with van der Waals surface area (Å²) >= 11 is 0. The van der Waals surface area contributed by atoms with E-state index in [1.165, 1.54) is 6.42 Å². The molecule has 1 rings (SSSR count). The van der Waals surface area contributed by atoms with Gasteiger partial charge in [0.15, 0.2) is 0 Å². The van der Waals surface area contributed by atoms with Crippen LogP contribution in [0.1, 0.15) is 26.2 Å². The van der Waals surface area contributed by atoms with Gasteiger partial charge >= 0.3 is 0 Å². The summed E-state index contributed by atoms with van der Waals surface area (Å²) in [4.78, 5) is 15.7. The zero-order valence-electron chi connectivity index (χ0n) is 10.5. The number of amides is 1. The summed E-state index contributed by atoms with van der Waals surface area (Å²) < 4.78 is 0. The lowest BCUT2D eigenvalue weighted by atomic mass is 9.95. The maximum absolute atomic E-state index is 11.7. The van der Waals surface area contributed by atoms with E-state index in [2.05, 4.69) is 4.90 Å². The molecule has 0 aromatic heterocycles. The van der Waals surface area contributed by atoms with Gasteiger partial charge < -0.3 is 10.0 Å². The summed E-state index contributed by atoms with van der Waals surface area (Å²) in [5.74, 6) is 0.769. The number of hydrogen-bond acceptors (Lipinski definition) is 3. The summed E-state index contributed by atoms with van der Waals surface area (Å²) in [6.07, 6.45) is 3.21. The second-order valence-corrected chi connectivity index (χ2v) is 4.66. The van der Waals surface area contributed by atoms with Crippen LogP contribution in [0.5, 0.6) is 0 Å². The minimum atomic E-state index is 0.201. The summed E-state index contributed by atoms with van der Waals surface area (Å²) in [5, 5.41) is 8.92. The highest BCUT2D eigenvalue weighted by molar-refractivity contribution is 5.77. The second kappa shape index (κ2) is 6.86. The first-order valence-electron chi connectivity index (χ1n) is 6.24. The molecule has 4 nitrogen and oxygen atoms in total. The van der Waals surface area contributed by atoms with Gasteiger partial charge in [-0.05, 0) is 38.6 Å². The van der Waals surface area contributed by atoms with E-state index in [0.717, 1.165) is 32.5 Å². The smallest absolute Gasteiger partial charge is 0.236 e. The number of likely N-dealkylation sites (tertiary alicyclic amines) is 1. The Kier molecular flexibility index (Phi) is 5.77. The van der Waals surface area contributed by atoms with Crippen LogP contribution in [-0.2, 0) is 4.79 Å². The number of carbonyl (C=O) groups excluding carboxylic acids is 1. The summed E-state index contributed by atoms with van der Waals surface area (Å²) in [5.41, 5.74) is 0. The summed E-state index contributed by atoms with van der Waals surface area (Å²) in [6, 6.07) is 0. The predicted molar refractivity (Wildman–Crippen MR) is 64.2 cm³/mol. The van der Waals surface area contributed by atoms with E-state index >= 15 is 0 Å². The van der Waals surface area contributed by atoms with Gasteiger partial charge in [-0.3, -0.25) is 9.69 Å². The van der Waals surface area contributed by atoms with Crippen LogP contribution >= 0.6 is 0 Å².